The lowest BCUT2D eigenvalue weighted by Crippen LogP contribution is -1.88. The molecule has 0 aromatic heterocycles. The van der Waals surface area contributed by atoms with Crippen molar-refractivity contribution in [3.8, 4) is 11.1 Å². The minimum Gasteiger partial charge on any atom is -0.478 e. The molecule has 0 bridgehead atoms. The van der Waals surface area contributed by atoms with E-state index in [1.165, 1.54) is 6.08 Å². The van der Waals surface area contributed by atoms with E-state index in [4.69, 9.17) is 51.5 Å². The first-order valence-corrected chi connectivity index (χ1v) is 7.25. The molecule has 21 heavy (non-hydrogen) atoms. The van der Waals surface area contributed by atoms with Gasteiger partial charge in [0.2, 0.25) is 0 Å². The molecule has 0 fully saturated rings. The molecule has 2 aromatic carbocycles. The summed E-state index contributed by atoms with van der Waals surface area (Å²) < 4.78 is 0. The molecule has 0 aliphatic carbocycles. The van der Waals surface area contributed by atoms with Gasteiger partial charge in [0.25, 0.3) is 0 Å². The van der Waals surface area contributed by atoms with Crippen molar-refractivity contribution in [2.75, 3.05) is 0 Å². The second-order valence-corrected chi connectivity index (χ2v) is 5.73. The minimum atomic E-state index is -1.06. The maximum absolute atomic E-state index is 10.6. The molecule has 0 radical (unpaired) electrons. The van der Waals surface area contributed by atoms with E-state index in [0.29, 0.717) is 36.8 Å². The third kappa shape index (κ3) is 3.72. The molecular weight excluding hydrogens is 354 g/mol. The highest BCUT2D eigenvalue weighted by molar-refractivity contribution is 6.46. The van der Waals surface area contributed by atoms with Crippen LogP contribution in [0.4, 0.5) is 0 Å². The van der Waals surface area contributed by atoms with Gasteiger partial charge in [-0.25, -0.2) is 4.79 Å². The number of carboxylic acid groups (broad SMARTS) is 1. The molecule has 2 aromatic rings. The van der Waals surface area contributed by atoms with Gasteiger partial charge in [0.05, 0.1) is 10.0 Å². The summed E-state index contributed by atoms with van der Waals surface area (Å²) in [6, 6.07) is 8.34. The fourth-order valence-electron chi connectivity index (χ4n) is 1.78. The Morgan fingerprint density at radius 2 is 1.57 bits per heavy atom. The molecular formula is C15H8Cl4O2. The normalized spacial score (nSPS) is 11.0. The Labute approximate surface area is 141 Å². The Kier molecular flexibility index (Phi) is 5.17. The van der Waals surface area contributed by atoms with Gasteiger partial charge in [0.15, 0.2) is 0 Å². The second kappa shape index (κ2) is 6.71. The van der Waals surface area contributed by atoms with Gasteiger partial charge in [-0.05, 0) is 41.5 Å². The fourth-order valence-corrected chi connectivity index (χ4v) is 2.71. The van der Waals surface area contributed by atoms with Gasteiger partial charge in [-0.2, -0.15) is 0 Å². The van der Waals surface area contributed by atoms with Crippen molar-refractivity contribution in [2.45, 2.75) is 0 Å². The van der Waals surface area contributed by atoms with Gasteiger partial charge in [0.1, 0.15) is 0 Å². The number of hydrogen-bond acceptors (Lipinski definition) is 1. The maximum atomic E-state index is 10.6. The Morgan fingerprint density at radius 1 is 0.952 bits per heavy atom. The second-order valence-electron chi connectivity index (χ2n) is 4.13. The fraction of sp³-hybridized carbons (Fsp3) is 0. The largest absolute Gasteiger partial charge is 0.478 e. The van der Waals surface area contributed by atoms with Crippen LogP contribution in [0.15, 0.2) is 36.4 Å². The van der Waals surface area contributed by atoms with Gasteiger partial charge in [-0.1, -0.05) is 52.5 Å². The van der Waals surface area contributed by atoms with Crippen LogP contribution in [-0.2, 0) is 4.79 Å². The van der Waals surface area contributed by atoms with Crippen molar-refractivity contribution in [3.05, 3.63) is 62.1 Å². The standard InChI is InChI=1S/C15H8Cl4O2/c16-10-3-1-9(7-8(10)2-6-13(20)21)14-11(17)4-5-12(18)15(14)19/h1-7H,(H,20,21)/b6-2+. The summed E-state index contributed by atoms with van der Waals surface area (Å²) in [5.41, 5.74) is 1.82. The molecule has 0 amide bonds. The Morgan fingerprint density at radius 3 is 2.24 bits per heavy atom. The smallest absolute Gasteiger partial charge is 0.328 e. The molecule has 2 rings (SSSR count). The Bertz CT molecular complexity index is 739. The number of benzene rings is 2. The molecule has 0 heterocycles. The van der Waals surface area contributed by atoms with Crippen LogP contribution < -0.4 is 0 Å². The molecule has 0 spiro atoms. The van der Waals surface area contributed by atoms with Crippen LogP contribution in [0.25, 0.3) is 17.2 Å². The number of carbonyl (C=O) groups is 1. The van der Waals surface area contributed by atoms with Crippen molar-refractivity contribution in [1.29, 1.82) is 0 Å². The van der Waals surface area contributed by atoms with Crippen LogP contribution in [0, 0.1) is 0 Å². The molecule has 0 unspecified atom stereocenters. The molecule has 6 heteroatoms. The number of halogens is 4. The Hall–Kier alpha value is -1.19. The van der Waals surface area contributed by atoms with Crippen LogP contribution in [0.1, 0.15) is 5.56 Å². The van der Waals surface area contributed by atoms with E-state index in [0.717, 1.165) is 6.08 Å². The zero-order chi connectivity index (χ0) is 15.6. The molecule has 0 aliphatic heterocycles. The van der Waals surface area contributed by atoms with Gasteiger partial charge < -0.3 is 5.11 Å². The van der Waals surface area contributed by atoms with Gasteiger partial charge in [0, 0.05) is 21.7 Å². The van der Waals surface area contributed by atoms with Crippen molar-refractivity contribution in [1.82, 2.24) is 0 Å². The predicted octanol–water partition coefficient (Wildman–Crippen LogP) is 6.07. The van der Waals surface area contributed by atoms with Crippen molar-refractivity contribution in [2.24, 2.45) is 0 Å². The first-order valence-electron chi connectivity index (χ1n) is 5.74. The molecule has 0 saturated carbocycles. The highest BCUT2D eigenvalue weighted by Gasteiger charge is 2.13. The number of hydrogen-bond donors (Lipinski definition) is 1. The molecule has 0 atom stereocenters. The highest BCUT2D eigenvalue weighted by atomic mass is 35.5. The van der Waals surface area contributed by atoms with Crippen LogP contribution in [0.2, 0.25) is 20.1 Å². The number of rotatable bonds is 3. The van der Waals surface area contributed by atoms with E-state index in [9.17, 15) is 4.79 Å². The number of carboxylic acids is 1. The van der Waals surface area contributed by atoms with Gasteiger partial charge in [-0.15, -0.1) is 0 Å². The summed E-state index contributed by atoms with van der Waals surface area (Å²) in [5.74, 6) is -1.06. The summed E-state index contributed by atoms with van der Waals surface area (Å²) in [4.78, 5) is 10.6. The van der Waals surface area contributed by atoms with Crippen molar-refractivity contribution < 1.29 is 9.90 Å². The first kappa shape index (κ1) is 16.2. The van der Waals surface area contributed by atoms with Gasteiger partial charge in [-0.3, -0.25) is 0 Å². The Balaban J connectivity index is 2.59. The van der Waals surface area contributed by atoms with E-state index in [1.54, 1.807) is 30.3 Å². The molecule has 1 N–H and O–H groups in total. The predicted molar refractivity (Wildman–Crippen MR) is 88.6 cm³/mol. The van der Waals surface area contributed by atoms with E-state index >= 15 is 0 Å². The van der Waals surface area contributed by atoms with Crippen molar-refractivity contribution in [3.63, 3.8) is 0 Å². The topological polar surface area (TPSA) is 37.3 Å². The SMILES string of the molecule is O=C(O)/C=C/c1cc(-c2c(Cl)ccc(Cl)c2Cl)ccc1Cl. The van der Waals surface area contributed by atoms with Gasteiger partial charge >= 0.3 is 5.97 Å². The minimum absolute atomic E-state index is 0.333. The van der Waals surface area contributed by atoms with E-state index < -0.39 is 5.97 Å². The molecule has 2 nitrogen and oxygen atoms in total. The summed E-state index contributed by atoms with van der Waals surface area (Å²) in [6.07, 6.45) is 2.41. The van der Waals surface area contributed by atoms with Crippen LogP contribution in [0.5, 0.6) is 0 Å². The van der Waals surface area contributed by atoms with Crippen molar-refractivity contribution >= 4 is 58.4 Å². The van der Waals surface area contributed by atoms with Crippen LogP contribution in [0.3, 0.4) is 0 Å². The summed E-state index contributed by atoms with van der Waals surface area (Å²) >= 11 is 24.4. The zero-order valence-electron chi connectivity index (χ0n) is 10.4. The quantitative estimate of drug-likeness (QED) is 0.532. The highest BCUT2D eigenvalue weighted by Crippen LogP contribution is 2.40. The lowest BCUT2D eigenvalue weighted by atomic mass is 10.0. The third-order valence-corrected chi connectivity index (χ3v) is 4.20. The molecule has 0 saturated heterocycles. The lowest BCUT2D eigenvalue weighted by Gasteiger charge is -2.10. The maximum Gasteiger partial charge on any atom is 0.328 e. The van der Waals surface area contributed by atoms with E-state index in [-0.39, 0.29) is 0 Å². The third-order valence-electron chi connectivity index (χ3n) is 2.73. The molecule has 0 aliphatic rings. The summed E-state index contributed by atoms with van der Waals surface area (Å²) in [7, 11) is 0. The lowest BCUT2D eigenvalue weighted by molar-refractivity contribution is -0.131. The van der Waals surface area contributed by atoms with Crippen LogP contribution in [-0.4, -0.2) is 11.1 Å². The van der Waals surface area contributed by atoms with E-state index in [1.807, 2.05) is 0 Å². The number of aliphatic carboxylic acids is 1. The summed E-state index contributed by atoms with van der Waals surface area (Å²) in [5, 5.41) is 10.3. The van der Waals surface area contributed by atoms with Crippen LogP contribution >= 0.6 is 46.4 Å². The average molecular weight is 362 g/mol. The monoisotopic (exact) mass is 360 g/mol. The molecule has 108 valence electrons. The zero-order valence-corrected chi connectivity index (χ0v) is 13.4. The average Bonchev–Trinajstić information content (AvgIpc) is 2.43. The summed E-state index contributed by atoms with van der Waals surface area (Å²) in [6.45, 7) is 0. The van der Waals surface area contributed by atoms with E-state index in [2.05, 4.69) is 0 Å². The first-order chi connectivity index (χ1) is 9.90.